The van der Waals surface area contributed by atoms with Gasteiger partial charge in [-0.15, -0.1) is 0 Å². The minimum absolute atomic E-state index is 0.00244. The van der Waals surface area contributed by atoms with Crippen molar-refractivity contribution in [2.75, 3.05) is 101 Å². The van der Waals surface area contributed by atoms with Crippen molar-refractivity contribution in [3.8, 4) is 56.4 Å². The highest BCUT2D eigenvalue weighted by molar-refractivity contribution is 7.91. The third-order valence-corrected chi connectivity index (χ3v) is 23.5. The minimum atomic E-state index is -3.70. The first-order valence-corrected chi connectivity index (χ1v) is 43.0. The predicted octanol–water partition coefficient (Wildman–Crippen LogP) is 15.8. The fraction of sp³-hybridized carbons (Fsp3) is 0.205. The third-order valence-electron chi connectivity index (χ3n) is 18.0. The van der Waals surface area contributed by atoms with Gasteiger partial charge in [0.1, 0.15) is 34.9 Å². The number of unbranched alkanes of at least 4 members (excludes halogenated alkanes) is 2. The van der Waals surface area contributed by atoms with E-state index in [0.29, 0.717) is 98.6 Å². The first kappa shape index (κ1) is 82.2. The van der Waals surface area contributed by atoms with Crippen LogP contribution in [0.25, 0.3) is 56.4 Å². The fourth-order valence-electron chi connectivity index (χ4n) is 11.5. The maximum absolute atomic E-state index is 13.7. The number of nitrogens with zero attached hydrogens (tertiary/aromatic N) is 10. The van der Waals surface area contributed by atoms with Crippen LogP contribution in [0.3, 0.4) is 0 Å². The largest absolute Gasteiger partial charge is 0.373 e. The van der Waals surface area contributed by atoms with Crippen LogP contribution in [0.2, 0.25) is 20.1 Å². The number of aromatic nitrogens is 11. The molecule has 6 aromatic heterocycles. The molecule has 13 aromatic rings. The van der Waals surface area contributed by atoms with E-state index in [1.54, 1.807) is 55.5 Å². The number of hydrogen-bond donors (Lipinski definition) is 12. The van der Waals surface area contributed by atoms with E-state index in [1.165, 1.54) is 65.7 Å². The molecule has 0 aliphatic heterocycles. The molecule has 119 heavy (non-hydrogen) atoms. The van der Waals surface area contributed by atoms with Crippen LogP contribution in [0.1, 0.15) is 66.4 Å². The Bertz CT molecular complexity index is 6180. The second-order valence-corrected chi connectivity index (χ2v) is 34.0. The molecule has 0 unspecified atom stereocenters. The Morgan fingerprint density at radius 3 is 1.35 bits per heavy atom. The summed E-state index contributed by atoms with van der Waals surface area (Å²) in [4.78, 5) is 44.7. The molecule has 0 saturated heterocycles. The Labute approximate surface area is 719 Å². The van der Waals surface area contributed by atoms with Crippen molar-refractivity contribution < 1.29 is 37.9 Å². The molecule has 0 spiro atoms. The number of aryl methyl sites for hydroxylation is 2. The number of H-pyrrole nitrogens is 1. The summed E-state index contributed by atoms with van der Waals surface area (Å²) < 4.78 is 128. The van der Waals surface area contributed by atoms with Crippen molar-refractivity contribution in [2.45, 2.75) is 81.4 Å². The van der Waals surface area contributed by atoms with Crippen molar-refractivity contribution >= 4 is 135 Å². The van der Waals surface area contributed by atoms with Crippen LogP contribution in [-0.4, -0.2) is 126 Å². The zero-order valence-corrected chi connectivity index (χ0v) is 70.7. The van der Waals surface area contributed by atoms with Crippen LogP contribution in [0.4, 0.5) is 63.2 Å². The number of aromatic amines is 1. The standard InChI is InChI=1S/C24H30N4O4S2.C20H22FN5O2S.C16H16ClN5.C12H13ClN4.C11H10Cl2N4/c1-17-8-7-9-21(18(17)2)22-16-23(28-24(25)27-22)26-14-5-4-6-15-34(31,32)20-12-10-19(11-13-20)33(3,29)30;1-12-13(2)17(21)8-7-16(12)18-11-19(26-20(22)25-18)24-10-9-14-3-5-15(6-4-14)29(23,27)28;17-12-5-3-11(4-6-12)7-9-20-15-10-14(21-16(18)22-15)13-2-1-8-19-13;1-7-4-3-5-8(11(7)13)9-6-10(15-2)17-12(14)16-9;1-15-9-5-8(16-11(14)17-9)6-3-2-4-7(12)10(6)13/h7-13,16H,4-6,14-15H2,1-3H3,(H3,25,26,27,28);3-8,11H,9-10H2,1-2H3,(H2,23,27,28)(H3,22,24,25,26);1-6,8,10,19H,7,9H2,(H3,18,20,21,22);3-6H,1-2H3,(H3,14,15,16,17);2-5H,1H3,(H3,14,15,16,17)/i;;;2D3;1D3. The van der Waals surface area contributed by atoms with Crippen molar-refractivity contribution in [2.24, 2.45) is 5.14 Å². The van der Waals surface area contributed by atoms with Gasteiger partial charge in [0.25, 0.3) is 0 Å². The number of benzene rings is 7. The Morgan fingerprint density at radius 1 is 0.420 bits per heavy atom. The summed E-state index contributed by atoms with van der Waals surface area (Å²) in [6.07, 6.45) is 6.41. The molecule has 0 atom stereocenters. The van der Waals surface area contributed by atoms with Gasteiger partial charge >= 0.3 is 0 Å². The van der Waals surface area contributed by atoms with E-state index in [4.69, 9.17) is 88.4 Å². The summed E-state index contributed by atoms with van der Waals surface area (Å²) >= 11 is 24.1. The van der Waals surface area contributed by atoms with Crippen LogP contribution in [0.15, 0.2) is 203 Å². The quantitative estimate of drug-likeness (QED) is 0.0236. The van der Waals surface area contributed by atoms with Crippen molar-refractivity contribution in [1.82, 2.24) is 54.8 Å². The molecule has 18 N–H and O–H groups in total. The van der Waals surface area contributed by atoms with E-state index in [9.17, 15) is 29.6 Å². The number of nitrogens with one attached hydrogen (secondary N) is 6. The summed E-state index contributed by atoms with van der Waals surface area (Å²) in [6.45, 7) is 6.71. The van der Waals surface area contributed by atoms with Crippen LogP contribution >= 0.6 is 46.4 Å². The van der Waals surface area contributed by atoms with Crippen LogP contribution in [0.5, 0.6) is 0 Å². The second-order valence-electron chi connectivity index (χ2n) is 26.7. The van der Waals surface area contributed by atoms with Crippen LogP contribution < -0.4 is 60.4 Å². The van der Waals surface area contributed by atoms with Crippen LogP contribution in [0, 0.1) is 40.4 Å². The zero-order valence-electron chi connectivity index (χ0n) is 71.3. The molecule has 0 bridgehead atoms. The maximum atomic E-state index is 13.7. The van der Waals surface area contributed by atoms with Gasteiger partial charge in [-0.2, -0.15) is 24.9 Å². The van der Waals surface area contributed by atoms with Gasteiger partial charge in [0, 0.05) is 112 Å². The molecule has 28 nitrogen and oxygen atoms in total. The van der Waals surface area contributed by atoms with E-state index < -0.39 is 43.6 Å². The predicted molar refractivity (Wildman–Crippen MR) is 479 cm³/mol. The zero-order chi connectivity index (χ0) is 91.3. The summed E-state index contributed by atoms with van der Waals surface area (Å²) in [7, 11) is -10.5. The molecule has 0 amide bonds. The molecule has 0 radical (unpaired) electrons. The number of nitrogens with two attached hydrogens (primary N) is 6. The van der Waals surface area contributed by atoms with Gasteiger partial charge in [0.2, 0.25) is 39.8 Å². The lowest BCUT2D eigenvalue weighted by Crippen LogP contribution is -2.12. The summed E-state index contributed by atoms with van der Waals surface area (Å²) in [6, 6.07) is 51.5. The number of sulfone groups is 2. The van der Waals surface area contributed by atoms with E-state index >= 15 is 0 Å². The highest BCUT2D eigenvalue weighted by Gasteiger charge is 2.19. The Balaban J connectivity index is 0.000000180. The monoisotopic (exact) mass is 1750 g/mol. The molecule has 7 aromatic carbocycles. The summed E-state index contributed by atoms with van der Waals surface area (Å²) in [5, 5.41) is 21.3. The van der Waals surface area contributed by atoms with Crippen molar-refractivity contribution in [1.29, 1.82) is 0 Å². The van der Waals surface area contributed by atoms with Gasteiger partial charge in [-0.1, -0.05) is 126 Å². The Kier molecular flexibility index (Phi) is 29.0. The molecule has 0 aliphatic rings. The van der Waals surface area contributed by atoms with Gasteiger partial charge in [-0.05, 0) is 178 Å². The number of primary sulfonamides is 1. The van der Waals surface area contributed by atoms with E-state index in [-0.39, 0.29) is 67.6 Å². The van der Waals surface area contributed by atoms with Gasteiger partial charge < -0.3 is 60.2 Å². The molecular weight excluding hydrogens is 1660 g/mol. The van der Waals surface area contributed by atoms with Gasteiger partial charge in [0.05, 0.1) is 69.7 Å². The van der Waals surface area contributed by atoms with E-state index in [0.717, 1.165) is 81.1 Å². The normalized spacial score (nSPS) is 12.1. The molecule has 0 fully saturated rings. The summed E-state index contributed by atoms with van der Waals surface area (Å²) in [5.41, 5.74) is 42.4. The maximum Gasteiger partial charge on any atom is 0.238 e. The topological polar surface area (TPSA) is 463 Å². The molecule has 13 rings (SSSR count). The van der Waals surface area contributed by atoms with Gasteiger partial charge in [0.15, 0.2) is 19.7 Å². The number of halogens is 5. The lowest BCUT2D eigenvalue weighted by Gasteiger charge is -2.12. The number of hydrogen-bond acceptors (Lipinski definition) is 26. The first-order chi connectivity index (χ1) is 58.8. The van der Waals surface area contributed by atoms with Crippen molar-refractivity contribution in [3.63, 3.8) is 0 Å². The lowest BCUT2D eigenvalue weighted by molar-refractivity contribution is 0.589. The van der Waals surface area contributed by atoms with Crippen LogP contribution in [-0.2, 0) is 42.5 Å². The highest BCUT2D eigenvalue weighted by Crippen LogP contribution is 2.35. The molecule has 6 heterocycles. The number of rotatable bonds is 25. The van der Waals surface area contributed by atoms with Gasteiger partial charge in [-0.3, -0.25) is 0 Å². The Hall–Kier alpha value is -11.9. The summed E-state index contributed by atoms with van der Waals surface area (Å²) in [5.74, 6) is 2.32. The highest BCUT2D eigenvalue weighted by atomic mass is 35.5. The second kappa shape index (κ2) is 42.0. The van der Waals surface area contributed by atoms with E-state index in [2.05, 4.69) is 81.4 Å². The Morgan fingerprint density at radius 2 is 0.849 bits per heavy atom. The molecule has 0 aliphatic carbocycles. The molecule has 0 saturated carbocycles. The average Bonchev–Trinajstić information content (AvgIpc) is 1.10. The number of nitrogen functional groups attached to an aromatic ring is 5. The molecule has 622 valence electrons. The minimum Gasteiger partial charge on any atom is -0.373 e. The smallest absolute Gasteiger partial charge is 0.238 e. The lowest BCUT2D eigenvalue weighted by atomic mass is 10.0. The SMILES string of the molecule is Cc1c(F)ccc(-c2cc(NCCc3ccc(S(N)(=O)=O)cc3)nc(N)n2)c1C.Cc1cccc(-c2cc(NCCCCCS(=O)(=O)c3ccc(S(C)(=O)=O)cc3)nc(N)n2)c1C.Nc1nc(NCCc2ccc(Cl)cc2)cc(-c2ccc[nH]2)n1.[2H]C([2H])([2H])Nc1cc(-c2cccc(C)c2Cl)nc(N)n1.[2H]C([2H])([2H])Nc1cc(-c2cccc(Cl)c2Cl)nc(N)n1. The third kappa shape index (κ3) is 26.6. The number of sulfonamides is 1. The first-order valence-electron chi connectivity index (χ1n) is 39.4. The average molecular weight is 1760 g/mol. The molecule has 36 heteroatoms. The van der Waals surface area contributed by atoms with Gasteiger partial charge in [-0.25, -0.2) is 59.7 Å². The van der Waals surface area contributed by atoms with E-state index in [1.807, 2.05) is 113 Å². The molecular formula is C83H91Cl4FN22O6S3. The fourth-order valence-corrected chi connectivity index (χ4v) is 14.8. The number of anilines is 10. The van der Waals surface area contributed by atoms with Crippen molar-refractivity contribution in [3.05, 3.63) is 253 Å².